The number of amides is 2. The van der Waals surface area contributed by atoms with Gasteiger partial charge in [-0.3, -0.25) is 9.59 Å². The van der Waals surface area contributed by atoms with Crippen LogP contribution in [0.25, 0.3) is 0 Å². The molecule has 1 aliphatic heterocycles. The Morgan fingerprint density at radius 2 is 1.81 bits per heavy atom. The second-order valence-electron chi connectivity index (χ2n) is 5.82. The third kappa shape index (κ3) is 3.22. The van der Waals surface area contributed by atoms with Crippen LogP contribution >= 0.6 is 0 Å². The predicted molar refractivity (Wildman–Crippen MR) is 62.9 cm³/mol. The summed E-state index contributed by atoms with van der Waals surface area (Å²) in [5.41, 5.74) is 0.0364. The van der Waals surface area contributed by atoms with Crippen LogP contribution in [0.15, 0.2) is 0 Å². The van der Waals surface area contributed by atoms with Crippen LogP contribution in [-0.4, -0.2) is 47.8 Å². The maximum Gasteiger partial charge on any atom is 0.223 e. The summed E-state index contributed by atoms with van der Waals surface area (Å²) in [6.45, 7) is 9.10. The summed E-state index contributed by atoms with van der Waals surface area (Å²) in [6, 6.07) is 0.210. The molecule has 0 unspecified atom stereocenters. The molecule has 4 heteroatoms. The number of hydrogen-bond acceptors (Lipinski definition) is 2. The van der Waals surface area contributed by atoms with E-state index in [-0.39, 0.29) is 23.3 Å². The fourth-order valence-electron chi connectivity index (χ4n) is 1.73. The van der Waals surface area contributed by atoms with Crippen LogP contribution in [0, 0.1) is 5.41 Å². The molecule has 1 saturated heterocycles. The van der Waals surface area contributed by atoms with Gasteiger partial charge in [-0.25, -0.2) is 0 Å². The Kier molecular flexibility index (Phi) is 3.61. The topological polar surface area (TPSA) is 40.6 Å². The summed E-state index contributed by atoms with van der Waals surface area (Å²) < 4.78 is 0. The normalized spacial score (nSPS) is 16.9. The van der Waals surface area contributed by atoms with Gasteiger partial charge >= 0.3 is 0 Å². The third-order valence-corrected chi connectivity index (χ3v) is 2.94. The molecule has 92 valence electrons. The molecule has 1 fully saturated rings. The van der Waals surface area contributed by atoms with Crippen molar-refractivity contribution in [2.45, 2.75) is 40.2 Å². The van der Waals surface area contributed by atoms with Crippen molar-refractivity contribution < 1.29 is 9.59 Å². The van der Waals surface area contributed by atoms with Crippen LogP contribution in [0.1, 0.15) is 34.1 Å². The molecule has 0 aromatic rings. The quantitative estimate of drug-likeness (QED) is 0.707. The number of hydrogen-bond donors (Lipinski definition) is 0. The lowest BCUT2D eigenvalue weighted by Gasteiger charge is -2.44. The van der Waals surface area contributed by atoms with E-state index in [9.17, 15) is 9.59 Å². The predicted octanol–water partition coefficient (Wildman–Crippen LogP) is 1.11. The molecule has 1 aliphatic rings. The zero-order valence-electron chi connectivity index (χ0n) is 10.9. The monoisotopic (exact) mass is 226 g/mol. The molecule has 0 aromatic heterocycles. The Bertz CT molecular complexity index is 288. The minimum absolute atomic E-state index is 0.0364. The summed E-state index contributed by atoms with van der Waals surface area (Å²) >= 11 is 0. The average molecular weight is 226 g/mol. The van der Waals surface area contributed by atoms with Crippen LogP contribution < -0.4 is 0 Å². The molecule has 16 heavy (non-hydrogen) atoms. The molecule has 0 aliphatic carbocycles. The zero-order chi connectivity index (χ0) is 12.5. The van der Waals surface area contributed by atoms with Crippen molar-refractivity contribution in [3.8, 4) is 0 Å². The van der Waals surface area contributed by atoms with Crippen LogP contribution in [0.3, 0.4) is 0 Å². The second kappa shape index (κ2) is 4.44. The summed E-state index contributed by atoms with van der Waals surface area (Å²) in [7, 11) is 1.79. The number of carbonyl (C=O) groups is 2. The Balaban J connectivity index is 2.36. The first-order valence-corrected chi connectivity index (χ1v) is 5.72. The number of likely N-dealkylation sites (tertiary alicyclic amines) is 1. The van der Waals surface area contributed by atoms with Crippen molar-refractivity contribution >= 4 is 11.8 Å². The molecule has 0 radical (unpaired) electrons. The van der Waals surface area contributed by atoms with Gasteiger partial charge in [-0.2, -0.15) is 0 Å². The largest absolute Gasteiger partial charge is 0.339 e. The van der Waals surface area contributed by atoms with Crippen molar-refractivity contribution in [2.24, 2.45) is 5.41 Å². The van der Waals surface area contributed by atoms with Crippen LogP contribution in [0.2, 0.25) is 0 Å². The van der Waals surface area contributed by atoms with Gasteiger partial charge in [-0.1, -0.05) is 20.8 Å². The van der Waals surface area contributed by atoms with Gasteiger partial charge in [0.2, 0.25) is 11.8 Å². The third-order valence-electron chi connectivity index (χ3n) is 2.94. The van der Waals surface area contributed by atoms with Gasteiger partial charge in [-0.15, -0.1) is 0 Å². The van der Waals surface area contributed by atoms with Crippen LogP contribution in [0.5, 0.6) is 0 Å². The van der Waals surface area contributed by atoms with Gasteiger partial charge in [0, 0.05) is 33.5 Å². The van der Waals surface area contributed by atoms with E-state index in [1.54, 1.807) is 18.9 Å². The Morgan fingerprint density at radius 1 is 1.31 bits per heavy atom. The number of rotatable bonds is 2. The fraction of sp³-hybridized carbons (Fsp3) is 0.833. The van der Waals surface area contributed by atoms with Crippen molar-refractivity contribution in [3.63, 3.8) is 0 Å². The summed E-state index contributed by atoms with van der Waals surface area (Å²) in [4.78, 5) is 26.4. The number of likely N-dealkylation sites (N-methyl/N-ethyl adjacent to an activating group) is 1. The molecular formula is C12H22N2O2. The molecule has 0 aromatic carbocycles. The minimum Gasteiger partial charge on any atom is -0.339 e. The van der Waals surface area contributed by atoms with Gasteiger partial charge in [0.25, 0.3) is 0 Å². The van der Waals surface area contributed by atoms with Crippen LogP contribution in [0.4, 0.5) is 0 Å². The van der Waals surface area contributed by atoms with Crippen molar-refractivity contribution in [3.05, 3.63) is 0 Å². The molecule has 0 atom stereocenters. The van der Waals surface area contributed by atoms with E-state index < -0.39 is 0 Å². The highest BCUT2D eigenvalue weighted by Crippen LogP contribution is 2.23. The SMILES string of the molecule is CC(=O)N(C)C1CN(C(=O)CC(C)(C)C)C1. The first-order chi connectivity index (χ1) is 7.20. The summed E-state index contributed by atoms with van der Waals surface area (Å²) in [6.07, 6.45) is 0.573. The Morgan fingerprint density at radius 3 is 2.19 bits per heavy atom. The highest BCUT2D eigenvalue weighted by molar-refractivity contribution is 5.78. The lowest BCUT2D eigenvalue weighted by atomic mass is 9.90. The van der Waals surface area contributed by atoms with Gasteiger partial charge in [-0.05, 0) is 5.41 Å². The molecule has 0 bridgehead atoms. The average Bonchev–Trinajstić information content (AvgIpc) is 1.96. The van der Waals surface area contributed by atoms with Crippen molar-refractivity contribution in [1.29, 1.82) is 0 Å². The number of carbonyl (C=O) groups excluding carboxylic acids is 2. The summed E-state index contributed by atoms with van der Waals surface area (Å²) in [5, 5.41) is 0. The fourth-order valence-corrected chi connectivity index (χ4v) is 1.73. The van der Waals surface area contributed by atoms with Gasteiger partial charge in [0.1, 0.15) is 0 Å². The van der Waals surface area contributed by atoms with Crippen molar-refractivity contribution in [2.75, 3.05) is 20.1 Å². The van der Waals surface area contributed by atoms with E-state index in [0.29, 0.717) is 19.5 Å². The maximum atomic E-state index is 11.8. The van der Waals surface area contributed by atoms with E-state index in [1.807, 2.05) is 4.90 Å². The van der Waals surface area contributed by atoms with E-state index in [2.05, 4.69) is 20.8 Å². The van der Waals surface area contributed by atoms with Gasteiger partial charge in [0.05, 0.1) is 6.04 Å². The smallest absolute Gasteiger partial charge is 0.223 e. The van der Waals surface area contributed by atoms with E-state index >= 15 is 0 Å². The molecule has 1 heterocycles. The van der Waals surface area contributed by atoms with E-state index in [4.69, 9.17) is 0 Å². The van der Waals surface area contributed by atoms with E-state index in [1.165, 1.54) is 0 Å². The lowest BCUT2D eigenvalue weighted by Crippen LogP contribution is -2.61. The highest BCUT2D eigenvalue weighted by Gasteiger charge is 2.35. The van der Waals surface area contributed by atoms with Crippen LogP contribution in [-0.2, 0) is 9.59 Å². The molecule has 0 saturated carbocycles. The number of nitrogens with zero attached hydrogens (tertiary/aromatic N) is 2. The van der Waals surface area contributed by atoms with Crippen molar-refractivity contribution in [1.82, 2.24) is 9.80 Å². The maximum absolute atomic E-state index is 11.8. The molecule has 0 spiro atoms. The van der Waals surface area contributed by atoms with E-state index in [0.717, 1.165) is 0 Å². The molecule has 1 rings (SSSR count). The summed E-state index contributed by atoms with van der Waals surface area (Å²) in [5.74, 6) is 0.258. The van der Waals surface area contributed by atoms with Gasteiger partial charge < -0.3 is 9.80 Å². The zero-order valence-corrected chi connectivity index (χ0v) is 10.9. The van der Waals surface area contributed by atoms with Gasteiger partial charge in [0.15, 0.2) is 0 Å². The molecule has 4 nitrogen and oxygen atoms in total. The first-order valence-electron chi connectivity index (χ1n) is 5.72. The Hall–Kier alpha value is -1.06. The molecule has 0 N–H and O–H groups in total. The Labute approximate surface area is 97.6 Å². The standard InChI is InChI=1S/C12H22N2O2/c1-9(15)13(5)10-7-14(8-10)11(16)6-12(2,3)4/h10H,6-8H2,1-5H3. The lowest BCUT2D eigenvalue weighted by molar-refractivity contribution is -0.145. The minimum atomic E-state index is 0.0364. The highest BCUT2D eigenvalue weighted by atomic mass is 16.2. The molecular weight excluding hydrogens is 204 g/mol. The molecule has 2 amide bonds. The second-order valence-corrected chi connectivity index (χ2v) is 5.82. The first kappa shape index (κ1) is 13.0.